The molecular formula is C22H27FN4O3. The van der Waals surface area contributed by atoms with Gasteiger partial charge in [-0.15, -0.1) is 0 Å². The van der Waals surface area contributed by atoms with Crippen molar-refractivity contribution in [1.29, 1.82) is 0 Å². The second-order valence-electron chi connectivity index (χ2n) is 8.94. The molecule has 2 atom stereocenters. The number of rotatable bonds is 4. The van der Waals surface area contributed by atoms with Crippen molar-refractivity contribution in [3.63, 3.8) is 0 Å². The Morgan fingerprint density at radius 2 is 1.77 bits per heavy atom. The molecule has 8 heteroatoms. The molecule has 4 rings (SSSR count). The number of hydrogen-bond acceptors (Lipinski definition) is 6. The monoisotopic (exact) mass is 414 g/mol. The van der Waals surface area contributed by atoms with Gasteiger partial charge < -0.3 is 19.3 Å². The van der Waals surface area contributed by atoms with E-state index in [2.05, 4.69) is 14.9 Å². The fourth-order valence-corrected chi connectivity index (χ4v) is 3.95. The number of anilines is 1. The normalized spacial score (nSPS) is 20.9. The number of aromatic nitrogens is 2. The predicted molar refractivity (Wildman–Crippen MR) is 110 cm³/mol. The van der Waals surface area contributed by atoms with Gasteiger partial charge in [0, 0.05) is 38.0 Å². The van der Waals surface area contributed by atoms with E-state index in [0.717, 1.165) is 24.5 Å². The van der Waals surface area contributed by atoms with Gasteiger partial charge in [0.1, 0.15) is 18.0 Å². The van der Waals surface area contributed by atoms with Crippen LogP contribution in [0.15, 0.2) is 36.7 Å². The molecule has 0 N–H and O–H groups in total. The van der Waals surface area contributed by atoms with Crippen molar-refractivity contribution in [3.05, 3.63) is 48.0 Å². The van der Waals surface area contributed by atoms with Crippen molar-refractivity contribution in [2.75, 3.05) is 31.1 Å². The molecule has 3 heterocycles. The summed E-state index contributed by atoms with van der Waals surface area (Å²) in [5.74, 6) is 1.71. The molecule has 30 heavy (non-hydrogen) atoms. The number of amides is 1. The van der Waals surface area contributed by atoms with Crippen LogP contribution in [0.3, 0.4) is 0 Å². The lowest BCUT2D eigenvalue weighted by Crippen LogP contribution is -2.37. The number of likely N-dealkylation sites (tertiary alicyclic amines) is 1. The van der Waals surface area contributed by atoms with Gasteiger partial charge in [-0.25, -0.2) is 9.18 Å². The van der Waals surface area contributed by atoms with Crippen LogP contribution in [-0.4, -0.2) is 52.7 Å². The van der Waals surface area contributed by atoms with Crippen LogP contribution in [0.4, 0.5) is 15.0 Å². The number of carbonyl (C=O) groups excluding carboxylic acids is 1. The molecule has 160 valence electrons. The first-order chi connectivity index (χ1) is 14.3. The highest BCUT2D eigenvalue weighted by Crippen LogP contribution is 2.34. The van der Waals surface area contributed by atoms with Gasteiger partial charge >= 0.3 is 6.09 Å². The van der Waals surface area contributed by atoms with Crippen LogP contribution >= 0.6 is 0 Å². The number of halogens is 1. The second kappa shape index (κ2) is 8.08. The van der Waals surface area contributed by atoms with E-state index < -0.39 is 5.60 Å². The molecule has 0 spiro atoms. The van der Waals surface area contributed by atoms with Gasteiger partial charge in [-0.2, -0.15) is 4.98 Å². The minimum absolute atomic E-state index is 0.237. The van der Waals surface area contributed by atoms with Crippen LogP contribution in [0, 0.1) is 17.7 Å². The molecule has 2 fully saturated rings. The van der Waals surface area contributed by atoms with E-state index in [1.54, 1.807) is 24.5 Å². The summed E-state index contributed by atoms with van der Waals surface area (Å²) >= 11 is 0. The topological polar surface area (TPSA) is 67.8 Å². The number of fused-ring (bicyclic) bond motifs is 1. The van der Waals surface area contributed by atoms with Gasteiger partial charge in [-0.3, -0.25) is 4.98 Å². The summed E-state index contributed by atoms with van der Waals surface area (Å²) in [7, 11) is 0. The molecule has 0 aliphatic carbocycles. The van der Waals surface area contributed by atoms with Gasteiger partial charge in [0.25, 0.3) is 0 Å². The second-order valence-corrected chi connectivity index (χ2v) is 8.94. The van der Waals surface area contributed by atoms with Crippen LogP contribution in [0.1, 0.15) is 26.3 Å². The Kier molecular flexibility index (Phi) is 5.49. The predicted octanol–water partition coefficient (Wildman–Crippen LogP) is 3.50. The van der Waals surface area contributed by atoms with E-state index in [0.29, 0.717) is 37.4 Å². The molecule has 7 nitrogen and oxygen atoms in total. The standard InChI is InChI=1S/C22H27FN4O3/c1-22(2,3)30-21(28)27-12-16-10-26(11-17(16)13-27)19-8-24-9-20(25-19)29-14-15-4-6-18(23)7-5-15/h4-9,16-17H,10-14H2,1-3H3. The lowest BCUT2D eigenvalue weighted by Gasteiger charge is -2.26. The molecule has 2 aliphatic heterocycles. The SMILES string of the molecule is CC(C)(C)OC(=O)N1CC2CN(c3cncc(OCc4ccc(F)cc4)n3)CC2C1. The number of benzene rings is 1. The molecule has 1 aromatic heterocycles. The molecule has 0 saturated carbocycles. The molecule has 0 radical (unpaired) electrons. The van der Waals surface area contributed by atoms with E-state index in [9.17, 15) is 9.18 Å². The molecule has 2 unspecified atom stereocenters. The summed E-state index contributed by atoms with van der Waals surface area (Å²) in [6.07, 6.45) is 3.07. The Labute approximate surface area is 175 Å². The van der Waals surface area contributed by atoms with Crippen LogP contribution in [-0.2, 0) is 11.3 Å². The van der Waals surface area contributed by atoms with Crippen LogP contribution in [0.25, 0.3) is 0 Å². The average Bonchev–Trinajstić information content (AvgIpc) is 3.26. The molecular weight excluding hydrogens is 387 g/mol. The summed E-state index contributed by atoms with van der Waals surface area (Å²) in [6, 6.07) is 6.18. The molecule has 1 amide bonds. The summed E-state index contributed by atoms with van der Waals surface area (Å²) < 4.78 is 24.2. The van der Waals surface area contributed by atoms with Crippen molar-refractivity contribution in [2.45, 2.75) is 33.0 Å². The van der Waals surface area contributed by atoms with Crippen LogP contribution in [0.2, 0.25) is 0 Å². The lowest BCUT2D eigenvalue weighted by molar-refractivity contribution is 0.0282. The third-order valence-corrected chi connectivity index (χ3v) is 5.36. The largest absolute Gasteiger partial charge is 0.472 e. The molecule has 0 bridgehead atoms. The van der Waals surface area contributed by atoms with Gasteiger partial charge in [-0.1, -0.05) is 12.1 Å². The molecule has 1 aromatic carbocycles. The first-order valence-electron chi connectivity index (χ1n) is 10.2. The van der Waals surface area contributed by atoms with Crippen molar-refractivity contribution in [3.8, 4) is 5.88 Å². The van der Waals surface area contributed by atoms with E-state index in [-0.39, 0.29) is 11.9 Å². The number of ether oxygens (including phenoxy) is 2. The maximum Gasteiger partial charge on any atom is 0.410 e. The van der Waals surface area contributed by atoms with E-state index in [4.69, 9.17) is 9.47 Å². The number of nitrogens with zero attached hydrogens (tertiary/aromatic N) is 4. The Hall–Kier alpha value is -2.90. The molecule has 2 aromatic rings. The van der Waals surface area contributed by atoms with Crippen molar-refractivity contribution < 1.29 is 18.7 Å². The number of hydrogen-bond donors (Lipinski definition) is 0. The lowest BCUT2D eigenvalue weighted by atomic mass is 10.0. The summed E-state index contributed by atoms with van der Waals surface area (Å²) in [6.45, 7) is 8.98. The van der Waals surface area contributed by atoms with Gasteiger partial charge in [-0.05, 0) is 38.5 Å². The maximum absolute atomic E-state index is 13.0. The van der Waals surface area contributed by atoms with Gasteiger partial charge in [0.2, 0.25) is 5.88 Å². The van der Waals surface area contributed by atoms with E-state index in [1.807, 2.05) is 25.7 Å². The van der Waals surface area contributed by atoms with Gasteiger partial charge in [0.15, 0.2) is 5.82 Å². The van der Waals surface area contributed by atoms with Crippen LogP contribution in [0.5, 0.6) is 5.88 Å². The third-order valence-electron chi connectivity index (χ3n) is 5.36. The highest BCUT2D eigenvalue weighted by atomic mass is 19.1. The first-order valence-corrected chi connectivity index (χ1v) is 10.2. The molecule has 2 aliphatic rings. The third kappa shape index (κ3) is 4.80. The van der Waals surface area contributed by atoms with E-state index in [1.165, 1.54) is 12.1 Å². The zero-order valence-electron chi connectivity index (χ0n) is 17.5. The van der Waals surface area contributed by atoms with Gasteiger partial charge in [0.05, 0.1) is 12.4 Å². The quantitative estimate of drug-likeness (QED) is 0.763. The summed E-state index contributed by atoms with van der Waals surface area (Å²) in [5.41, 5.74) is 0.381. The Balaban J connectivity index is 1.33. The highest BCUT2D eigenvalue weighted by molar-refractivity contribution is 5.68. The van der Waals surface area contributed by atoms with E-state index >= 15 is 0 Å². The Bertz CT molecular complexity index is 886. The average molecular weight is 414 g/mol. The minimum atomic E-state index is -0.481. The van der Waals surface area contributed by atoms with Crippen molar-refractivity contribution >= 4 is 11.9 Å². The fraction of sp³-hybridized carbons (Fsp3) is 0.500. The van der Waals surface area contributed by atoms with Crippen LogP contribution < -0.4 is 9.64 Å². The maximum atomic E-state index is 13.0. The van der Waals surface area contributed by atoms with Crippen molar-refractivity contribution in [2.24, 2.45) is 11.8 Å². The molecule has 2 saturated heterocycles. The summed E-state index contributed by atoms with van der Waals surface area (Å²) in [5, 5.41) is 0. The summed E-state index contributed by atoms with van der Waals surface area (Å²) in [4.78, 5) is 25.2. The zero-order valence-corrected chi connectivity index (χ0v) is 17.5. The highest BCUT2D eigenvalue weighted by Gasteiger charge is 2.43. The van der Waals surface area contributed by atoms with Crippen molar-refractivity contribution in [1.82, 2.24) is 14.9 Å². The zero-order chi connectivity index (χ0) is 21.3. The minimum Gasteiger partial charge on any atom is -0.472 e. The Morgan fingerprint density at radius 1 is 1.10 bits per heavy atom. The number of carbonyl (C=O) groups is 1. The Morgan fingerprint density at radius 3 is 2.40 bits per heavy atom. The smallest absolute Gasteiger partial charge is 0.410 e. The fourth-order valence-electron chi connectivity index (χ4n) is 3.95. The first kappa shape index (κ1) is 20.4.